The van der Waals surface area contributed by atoms with Gasteiger partial charge in [-0.25, -0.2) is 9.59 Å². The lowest BCUT2D eigenvalue weighted by atomic mass is 9.92. The van der Waals surface area contributed by atoms with Gasteiger partial charge >= 0.3 is 12.1 Å². The average molecular weight is 372 g/mol. The number of carbonyl (C=O) groups is 2. The maximum Gasteiger partial charge on any atom is 0.408 e. The highest BCUT2D eigenvalue weighted by atomic mass is 17.0. The smallest absolute Gasteiger partial charge is 0.408 e. The topological polar surface area (TPSA) is 157 Å². The number of esters is 1. The molecule has 1 amide bonds. The molecule has 144 valence electrons. The van der Waals surface area contributed by atoms with Crippen molar-refractivity contribution in [3.05, 3.63) is 33.9 Å². The Labute approximate surface area is 148 Å². The maximum atomic E-state index is 12.3. The molecule has 11 heteroatoms. The summed E-state index contributed by atoms with van der Waals surface area (Å²) >= 11 is 0. The highest BCUT2D eigenvalue weighted by Gasteiger charge is 2.37. The van der Waals surface area contributed by atoms with Gasteiger partial charge in [-0.1, -0.05) is 6.07 Å². The van der Waals surface area contributed by atoms with Crippen LogP contribution in [-0.2, 0) is 25.5 Å². The minimum atomic E-state index is -1.54. The summed E-state index contributed by atoms with van der Waals surface area (Å²) < 4.78 is 9.68. The van der Waals surface area contributed by atoms with Gasteiger partial charge in [0.25, 0.3) is 5.09 Å². The minimum Gasteiger partial charge on any atom is -0.504 e. The summed E-state index contributed by atoms with van der Waals surface area (Å²) in [6, 6.07) is 3.94. The van der Waals surface area contributed by atoms with E-state index in [1.54, 1.807) is 6.92 Å². The van der Waals surface area contributed by atoms with E-state index in [1.807, 2.05) is 0 Å². The van der Waals surface area contributed by atoms with Crippen LogP contribution in [0.25, 0.3) is 0 Å². The SMILES string of the molecule is CCOC(=O)C(C)(Cc1ccc(O)c(O)c1)NC(=O)OCCO[N+](=O)[O-]. The molecule has 0 heterocycles. The second-order valence-electron chi connectivity index (χ2n) is 5.37. The van der Waals surface area contributed by atoms with Crippen molar-refractivity contribution in [3.63, 3.8) is 0 Å². The number of amides is 1. The first-order chi connectivity index (χ1) is 12.2. The van der Waals surface area contributed by atoms with Crippen molar-refractivity contribution in [3.8, 4) is 11.5 Å². The Kier molecular flexibility index (Phi) is 7.44. The van der Waals surface area contributed by atoms with Crippen molar-refractivity contribution < 1.29 is 39.2 Å². The number of phenolic OH excluding ortho intramolecular Hbond substituents is 2. The van der Waals surface area contributed by atoms with E-state index >= 15 is 0 Å². The maximum absolute atomic E-state index is 12.3. The Hall–Kier alpha value is -3.24. The number of hydrogen-bond donors (Lipinski definition) is 3. The van der Waals surface area contributed by atoms with Crippen molar-refractivity contribution >= 4 is 12.1 Å². The van der Waals surface area contributed by atoms with Gasteiger partial charge in [0.05, 0.1) is 6.61 Å². The van der Waals surface area contributed by atoms with E-state index in [0.717, 1.165) is 0 Å². The van der Waals surface area contributed by atoms with Crippen molar-refractivity contribution in [1.82, 2.24) is 5.32 Å². The van der Waals surface area contributed by atoms with Crippen LogP contribution in [0.2, 0.25) is 0 Å². The largest absolute Gasteiger partial charge is 0.504 e. The predicted molar refractivity (Wildman–Crippen MR) is 85.9 cm³/mol. The second-order valence-corrected chi connectivity index (χ2v) is 5.37. The van der Waals surface area contributed by atoms with E-state index in [4.69, 9.17) is 9.47 Å². The molecular weight excluding hydrogens is 352 g/mol. The van der Waals surface area contributed by atoms with E-state index in [0.29, 0.717) is 5.56 Å². The van der Waals surface area contributed by atoms with Crippen LogP contribution in [0.1, 0.15) is 19.4 Å². The Morgan fingerprint density at radius 3 is 2.50 bits per heavy atom. The summed E-state index contributed by atoms with van der Waals surface area (Å²) in [4.78, 5) is 38.1. The molecule has 0 bridgehead atoms. The van der Waals surface area contributed by atoms with Gasteiger partial charge in [0.1, 0.15) is 18.8 Å². The molecule has 1 unspecified atom stereocenters. The van der Waals surface area contributed by atoms with Crippen LogP contribution >= 0.6 is 0 Å². The standard InChI is InChI=1S/C15H20N2O9/c1-3-24-13(20)15(2,9-10-4-5-11(18)12(19)8-10)16-14(21)25-6-7-26-17(22)23/h4-5,8,18-19H,3,6-7,9H2,1-2H3,(H,16,21). The first-order valence-corrected chi connectivity index (χ1v) is 7.58. The summed E-state index contributed by atoms with van der Waals surface area (Å²) in [5.41, 5.74) is -1.10. The molecule has 11 nitrogen and oxygen atoms in total. The van der Waals surface area contributed by atoms with Crippen LogP contribution in [-0.4, -0.2) is 52.7 Å². The number of hydrogen-bond acceptors (Lipinski definition) is 9. The zero-order valence-corrected chi connectivity index (χ0v) is 14.3. The quantitative estimate of drug-likeness (QED) is 0.188. The number of carbonyl (C=O) groups excluding carboxylic acids is 2. The van der Waals surface area contributed by atoms with E-state index in [9.17, 15) is 29.9 Å². The molecule has 0 saturated carbocycles. The molecule has 1 atom stereocenters. The van der Waals surface area contributed by atoms with Crippen molar-refractivity contribution in [2.45, 2.75) is 25.8 Å². The van der Waals surface area contributed by atoms with Crippen LogP contribution in [0.4, 0.5) is 4.79 Å². The van der Waals surface area contributed by atoms with Crippen molar-refractivity contribution in [2.24, 2.45) is 0 Å². The first-order valence-electron chi connectivity index (χ1n) is 7.58. The van der Waals surface area contributed by atoms with Gasteiger partial charge in [0.15, 0.2) is 11.5 Å². The van der Waals surface area contributed by atoms with E-state index in [2.05, 4.69) is 10.2 Å². The lowest BCUT2D eigenvalue weighted by Crippen LogP contribution is -2.54. The number of phenols is 2. The molecule has 0 aromatic heterocycles. The molecule has 0 fully saturated rings. The van der Waals surface area contributed by atoms with E-state index < -0.39 is 35.9 Å². The Balaban J connectivity index is 2.81. The highest BCUT2D eigenvalue weighted by Crippen LogP contribution is 2.27. The predicted octanol–water partition coefficient (Wildman–Crippen LogP) is 0.897. The van der Waals surface area contributed by atoms with Crippen molar-refractivity contribution in [2.75, 3.05) is 19.8 Å². The fraction of sp³-hybridized carbons (Fsp3) is 0.467. The molecule has 1 aromatic rings. The van der Waals surface area contributed by atoms with Gasteiger partial charge in [-0.3, -0.25) is 0 Å². The zero-order valence-electron chi connectivity index (χ0n) is 14.3. The number of ether oxygens (including phenoxy) is 2. The van der Waals surface area contributed by atoms with E-state index in [-0.39, 0.29) is 24.5 Å². The van der Waals surface area contributed by atoms with Crippen LogP contribution < -0.4 is 5.32 Å². The normalized spacial score (nSPS) is 12.5. The summed E-state index contributed by atoms with van der Waals surface area (Å²) in [6.45, 7) is 2.21. The van der Waals surface area contributed by atoms with Gasteiger partial charge in [0.2, 0.25) is 0 Å². The minimum absolute atomic E-state index is 0.0693. The molecule has 0 spiro atoms. The lowest BCUT2D eigenvalue weighted by Gasteiger charge is -2.28. The number of benzene rings is 1. The third-order valence-electron chi connectivity index (χ3n) is 3.21. The molecule has 3 N–H and O–H groups in total. The van der Waals surface area contributed by atoms with Gasteiger partial charge in [-0.2, -0.15) is 0 Å². The average Bonchev–Trinajstić information content (AvgIpc) is 2.55. The Bertz CT molecular complexity index is 665. The number of aromatic hydroxyl groups is 2. The summed E-state index contributed by atoms with van der Waals surface area (Å²) in [5.74, 6) is -1.45. The molecule has 1 aromatic carbocycles. The Morgan fingerprint density at radius 1 is 1.23 bits per heavy atom. The molecule has 0 aliphatic heterocycles. The fourth-order valence-corrected chi connectivity index (χ4v) is 2.05. The number of alkyl carbamates (subject to hydrolysis) is 1. The molecule has 0 radical (unpaired) electrons. The van der Waals surface area contributed by atoms with E-state index in [1.165, 1.54) is 25.1 Å². The number of nitrogens with zero attached hydrogens (tertiary/aromatic N) is 1. The monoisotopic (exact) mass is 372 g/mol. The fourth-order valence-electron chi connectivity index (χ4n) is 2.05. The van der Waals surface area contributed by atoms with Crippen LogP contribution in [0.15, 0.2) is 18.2 Å². The van der Waals surface area contributed by atoms with Gasteiger partial charge in [-0.05, 0) is 31.5 Å². The Morgan fingerprint density at radius 2 is 1.92 bits per heavy atom. The lowest BCUT2D eigenvalue weighted by molar-refractivity contribution is -0.757. The van der Waals surface area contributed by atoms with Gasteiger partial charge in [-0.15, -0.1) is 10.1 Å². The summed E-state index contributed by atoms with van der Waals surface area (Å²) in [7, 11) is 0. The molecular formula is C15H20N2O9. The second kappa shape index (κ2) is 9.30. The number of nitrogens with one attached hydrogen (secondary N) is 1. The molecule has 26 heavy (non-hydrogen) atoms. The highest BCUT2D eigenvalue weighted by molar-refractivity contribution is 5.85. The van der Waals surface area contributed by atoms with Crippen LogP contribution in [0.3, 0.4) is 0 Å². The zero-order chi connectivity index (χ0) is 19.7. The first kappa shape index (κ1) is 20.8. The van der Waals surface area contributed by atoms with Crippen LogP contribution in [0.5, 0.6) is 11.5 Å². The summed E-state index contributed by atoms with van der Waals surface area (Å²) in [5, 5.41) is 30.2. The molecule has 0 saturated heterocycles. The third-order valence-corrected chi connectivity index (χ3v) is 3.21. The van der Waals surface area contributed by atoms with Crippen LogP contribution in [0, 0.1) is 10.1 Å². The van der Waals surface area contributed by atoms with Gasteiger partial charge < -0.3 is 29.8 Å². The number of rotatable bonds is 9. The molecule has 0 aliphatic carbocycles. The van der Waals surface area contributed by atoms with Crippen molar-refractivity contribution in [1.29, 1.82) is 0 Å². The summed E-state index contributed by atoms with van der Waals surface area (Å²) in [6.07, 6.45) is -1.07. The molecule has 0 aliphatic rings. The third kappa shape index (κ3) is 6.34. The molecule has 1 rings (SSSR count). The van der Waals surface area contributed by atoms with Gasteiger partial charge in [0, 0.05) is 6.42 Å².